The molecule has 0 spiro atoms. The number of benzene rings is 2. The van der Waals surface area contributed by atoms with Crippen molar-refractivity contribution in [2.75, 3.05) is 13.7 Å². The second-order valence-corrected chi connectivity index (χ2v) is 10.2. The van der Waals surface area contributed by atoms with Crippen LogP contribution in [0.1, 0.15) is 49.1 Å². The Kier molecular flexibility index (Phi) is 7.17. The lowest BCUT2D eigenvalue weighted by Gasteiger charge is -2.41. The maximum Gasteiger partial charge on any atom is 0.224 e. The Hall–Kier alpha value is -1.26. The number of hydrogen-bond donors (Lipinski definition) is 1. The third kappa shape index (κ3) is 4.61. The van der Waals surface area contributed by atoms with Gasteiger partial charge >= 0.3 is 0 Å². The van der Waals surface area contributed by atoms with E-state index in [1.165, 1.54) is 5.56 Å². The summed E-state index contributed by atoms with van der Waals surface area (Å²) in [6.45, 7) is 2.70. The van der Waals surface area contributed by atoms with E-state index in [1.807, 2.05) is 30.3 Å². The molecule has 0 bridgehead atoms. The van der Waals surface area contributed by atoms with Crippen LogP contribution in [0.4, 0.5) is 0 Å². The van der Waals surface area contributed by atoms with Crippen LogP contribution in [0, 0.1) is 17.8 Å². The molecule has 166 valence electrons. The number of amides is 1. The van der Waals surface area contributed by atoms with Gasteiger partial charge in [0.15, 0.2) is 0 Å². The zero-order valence-corrected chi connectivity index (χ0v) is 20.1. The molecule has 3 nitrogen and oxygen atoms in total. The van der Waals surface area contributed by atoms with Gasteiger partial charge in [0.1, 0.15) is 0 Å². The van der Waals surface area contributed by atoms with E-state index in [0.29, 0.717) is 27.6 Å². The summed E-state index contributed by atoms with van der Waals surface area (Å²) in [4.78, 5) is 13.1. The first-order chi connectivity index (χ1) is 14.9. The van der Waals surface area contributed by atoms with Gasteiger partial charge in [-0.15, -0.1) is 0 Å². The van der Waals surface area contributed by atoms with Gasteiger partial charge in [-0.1, -0.05) is 66.3 Å². The lowest BCUT2D eigenvalue weighted by Crippen LogP contribution is -2.39. The number of carbonyl (C=O) groups excluding carboxylic acids is 1. The number of fused-ring (bicyclic) bond motifs is 1. The van der Waals surface area contributed by atoms with Crippen molar-refractivity contribution in [1.29, 1.82) is 0 Å². The van der Waals surface area contributed by atoms with Crippen molar-refractivity contribution in [3.05, 3.63) is 68.7 Å². The Labute approximate surface area is 199 Å². The highest BCUT2D eigenvalue weighted by Crippen LogP contribution is 2.52. The third-order valence-corrected chi connectivity index (χ3v) is 7.92. The van der Waals surface area contributed by atoms with Crippen molar-refractivity contribution in [3.8, 4) is 0 Å². The molecule has 6 heteroatoms. The largest absolute Gasteiger partial charge is 0.383 e. The zero-order chi connectivity index (χ0) is 22.1. The van der Waals surface area contributed by atoms with E-state index in [0.717, 1.165) is 24.8 Å². The standard InChI is InChI=1S/C25H28Cl3NO2/c1-14-4-3-5-19(18-11-10-17(27)12-20(18)28)23(15-6-8-16(26)9-7-15)24-21(13-31-2)29-25(30)22(14)24/h6-12,14,19,21-24H,3-5,13H2,1-2H3,(H,29,30)/t14?,19-,21+,22-,23-,24+/m0/s1. The van der Waals surface area contributed by atoms with Gasteiger partial charge in [0.25, 0.3) is 0 Å². The Bertz CT molecular complexity index is 933. The lowest BCUT2D eigenvalue weighted by atomic mass is 9.62. The van der Waals surface area contributed by atoms with Crippen LogP contribution in [0.3, 0.4) is 0 Å². The van der Waals surface area contributed by atoms with Crippen LogP contribution in [-0.4, -0.2) is 25.7 Å². The SMILES string of the molecule is COC[C@H]1NC(=O)[C@H]2C(C)CCC[C@@H](c3ccc(Cl)cc3Cl)[C@H](c3ccc(Cl)cc3)[C@H]12. The van der Waals surface area contributed by atoms with Crippen LogP contribution in [0.2, 0.25) is 15.1 Å². The van der Waals surface area contributed by atoms with Crippen molar-refractivity contribution in [2.24, 2.45) is 17.8 Å². The van der Waals surface area contributed by atoms with Gasteiger partial charge < -0.3 is 10.1 Å². The monoisotopic (exact) mass is 479 g/mol. The molecule has 31 heavy (non-hydrogen) atoms. The summed E-state index contributed by atoms with van der Waals surface area (Å²) in [6, 6.07) is 13.8. The van der Waals surface area contributed by atoms with Crippen LogP contribution in [0.25, 0.3) is 0 Å². The van der Waals surface area contributed by atoms with Crippen LogP contribution in [0.5, 0.6) is 0 Å². The molecule has 2 fully saturated rings. The zero-order valence-electron chi connectivity index (χ0n) is 17.8. The van der Waals surface area contributed by atoms with Gasteiger partial charge in [-0.25, -0.2) is 0 Å². The van der Waals surface area contributed by atoms with E-state index < -0.39 is 0 Å². The van der Waals surface area contributed by atoms with E-state index >= 15 is 0 Å². The fourth-order valence-corrected chi connectivity index (χ4v) is 6.50. The van der Waals surface area contributed by atoms with E-state index in [9.17, 15) is 4.79 Å². The number of nitrogens with one attached hydrogen (secondary N) is 1. The molecule has 1 amide bonds. The number of hydrogen-bond acceptors (Lipinski definition) is 2. The Morgan fingerprint density at radius 1 is 1.00 bits per heavy atom. The predicted molar refractivity (Wildman–Crippen MR) is 127 cm³/mol. The maximum atomic E-state index is 13.1. The third-order valence-electron chi connectivity index (χ3n) is 7.11. The summed E-state index contributed by atoms with van der Waals surface area (Å²) >= 11 is 19.1. The summed E-state index contributed by atoms with van der Waals surface area (Å²) in [5, 5.41) is 5.26. The van der Waals surface area contributed by atoms with E-state index in [-0.39, 0.29) is 35.6 Å². The first kappa shape index (κ1) is 22.9. The van der Waals surface area contributed by atoms with Gasteiger partial charge in [-0.2, -0.15) is 0 Å². The molecule has 1 N–H and O–H groups in total. The van der Waals surface area contributed by atoms with Gasteiger partial charge in [0.05, 0.1) is 12.6 Å². The summed E-state index contributed by atoms with van der Waals surface area (Å²) in [7, 11) is 1.69. The molecule has 0 aromatic heterocycles. The van der Waals surface area contributed by atoms with Crippen molar-refractivity contribution in [1.82, 2.24) is 5.32 Å². The molecule has 1 aliphatic heterocycles. The first-order valence-electron chi connectivity index (χ1n) is 10.9. The topological polar surface area (TPSA) is 38.3 Å². The van der Waals surface area contributed by atoms with Crippen molar-refractivity contribution < 1.29 is 9.53 Å². The molecule has 2 aromatic carbocycles. The van der Waals surface area contributed by atoms with Crippen LogP contribution < -0.4 is 5.32 Å². The summed E-state index contributed by atoms with van der Waals surface area (Å²) in [5.41, 5.74) is 2.27. The predicted octanol–water partition coefficient (Wildman–Crippen LogP) is 6.71. The molecular formula is C25H28Cl3NO2. The molecule has 1 heterocycles. The summed E-state index contributed by atoms with van der Waals surface area (Å²) in [6.07, 6.45) is 3.06. The summed E-state index contributed by atoms with van der Waals surface area (Å²) < 4.78 is 5.53. The van der Waals surface area contributed by atoms with Gasteiger partial charge in [0.2, 0.25) is 5.91 Å². The number of ether oxygens (including phenoxy) is 1. The van der Waals surface area contributed by atoms with Gasteiger partial charge in [-0.05, 0) is 66.0 Å². The molecule has 1 saturated carbocycles. The van der Waals surface area contributed by atoms with Crippen LogP contribution in [0.15, 0.2) is 42.5 Å². The highest BCUT2D eigenvalue weighted by molar-refractivity contribution is 6.35. The summed E-state index contributed by atoms with van der Waals surface area (Å²) in [5.74, 6) is 0.751. The highest BCUT2D eigenvalue weighted by atomic mass is 35.5. The van der Waals surface area contributed by atoms with Crippen LogP contribution >= 0.6 is 34.8 Å². The number of rotatable bonds is 4. The minimum absolute atomic E-state index is 0.0442. The molecule has 1 saturated heterocycles. The number of halogens is 3. The molecule has 6 atom stereocenters. The highest BCUT2D eigenvalue weighted by Gasteiger charge is 2.51. The lowest BCUT2D eigenvalue weighted by molar-refractivity contribution is -0.124. The molecule has 1 aliphatic carbocycles. The smallest absolute Gasteiger partial charge is 0.224 e. The second kappa shape index (κ2) is 9.70. The van der Waals surface area contributed by atoms with Crippen LogP contribution in [-0.2, 0) is 9.53 Å². The second-order valence-electron chi connectivity index (χ2n) is 8.93. The van der Waals surface area contributed by atoms with Crippen molar-refractivity contribution in [2.45, 2.75) is 44.1 Å². The number of carbonyl (C=O) groups is 1. The molecule has 0 radical (unpaired) electrons. The van der Waals surface area contributed by atoms with E-state index in [2.05, 4.69) is 24.4 Å². The fraction of sp³-hybridized carbons (Fsp3) is 0.480. The van der Waals surface area contributed by atoms with Gasteiger partial charge in [0, 0.05) is 34.0 Å². The fourth-order valence-electron chi connectivity index (χ4n) is 5.82. The Balaban J connectivity index is 1.88. The van der Waals surface area contributed by atoms with Crippen molar-refractivity contribution >= 4 is 40.7 Å². The average molecular weight is 481 g/mol. The van der Waals surface area contributed by atoms with E-state index in [1.54, 1.807) is 7.11 Å². The maximum absolute atomic E-state index is 13.1. The number of methoxy groups -OCH3 is 1. The average Bonchev–Trinajstić information content (AvgIpc) is 3.03. The molecule has 2 aromatic rings. The Morgan fingerprint density at radius 2 is 1.71 bits per heavy atom. The molecule has 2 aliphatic rings. The molecule has 1 unspecified atom stereocenters. The minimum Gasteiger partial charge on any atom is -0.383 e. The quantitative estimate of drug-likeness (QED) is 0.528. The van der Waals surface area contributed by atoms with Crippen molar-refractivity contribution in [3.63, 3.8) is 0 Å². The Morgan fingerprint density at radius 3 is 2.39 bits per heavy atom. The normalized spacial score (nSPS) is 30.9. The minimum atomic E-state index is -0.0605. The van der Waals surface area contributed by atoms with E-state index in [4.69, 9.17) is 39.5 Å². The molecular weight excluding hydrogens is 453 g/mol. The first-order valence-corrected chi connectivity index (χ1v) is 12.0. The molecule has 4 rings (SSSR count). The van der Waals surface area contributed by atoms with Gasteiger partial charge in [-0.3, -0.25) is 4.79 Å².